The van der Waals surface area contributed by atoms with Gasteiger partial charge in [0.2, 0.25) is 0 Å². The second kappa shape index (κ2) is 5.13. The minimum atomic E-state index is 0.233. The van der Waals surface area contributed by atoms with Gasteiger partial charge in [-0.2, -0.15) is 0 Å². The van der Waals surface area contributed by atoms with Crippen molar-refractivity contribution in [2.75, 3.05) is 5.75 Å². The van der Waals surface area contributed by atoms with Gasteiger partial charge >= 0.3 is 0 Å². The van der Waals surface area contributed by atoms with Crippen LogP contribution in [0.1, 0.15) is 31.4 Å². The first-order chi connectivity index (χ1) is 8.11. The number of benzene rings is 1. The predicted octanol–water partition coefficient (Wildman–Crippen LogP) is 3.36. The number of nitrogens with one attached hydrogen (secondary N) is 1. The molecule has 1 unspecified atom stereocenters. The van der Waals surface area contributed by atoms with E-state index < -0.39 is 0 Å². The number of amidine groups is 1. The number of hydrogen-bond donors (Lipinski definition) is 1. The number of thioether (sulfide) groups is 1. The van der Waals surface area contributed by atoms with Crippen molar-refractivity contribution in [3.05, 3.63) is 35.4 Å². The third-order valence-electron chi connectivity index (χ3n) is 3.24. The van der Waals surface area contributed by atoms with E-state index in [0.717, 1.165) is 23.9 Å². The van der Waals surface area contributed by atoms with Crippen LogP contribution >= 0.6 is 11.8 Å². The molecule has 2 rings (SSSR count). The van der Waals surface area contributed by atoms with Gasteiger partial charge in [-0.25, -0.2) is 0 Å². The Morgan fingerprint density at radius 1 is 1.35 bits per heavy atom. The molecule has 0 radical (unpaired) electrons. The Kier molecular flexibility index (Phi) is 3.77. The van der Waals surface area contributed by atoms with Crippen molar-refractivity contribution < 1.29 is 0 Å². The maximum absolute atomic E-state index is 4.64. The molecule has 0 spiro atoms. The van der Waals surface area contributed by atoms with Crippen molar-refractivity contribution in [2.45, 2.75) is 39.3 Å². The molecule has 0 amide bonds. The van der Waals surface area contributed by atoms with Crippen molar-refractivity contribution in [2.24, 2.45) is 4.99 Å². The van der Waals surface area contributed by atoms with E-state index in [-0.39, 0.29) is 5.54 Å². The molecule has 1 aromatic carbocycles. The van der Waals surface area contributed by atoms with Crippen LogP contribution in [0.25, 0.3) is 0 Å². The van der Waals surface area contributed by atoms with E-state index in [1.165, 1.54) is 11.1 Å². The fraction of sp³-hybridized carbons (Fsp3) is 0.500. The van der Waals surface area contributed by atoms with Crippen LogP contribution in [0.15, 0.2) is 29.3 Å². The Balaban J connectivity index is 1.96. The van der Waals surface area contributed by atoms with Crippen LogP contribution in [0.4, 0.5) is 0 Å². The Labute approximate surface area is 108 Å². The fourth-order valence-corrected chi connectivity index (χ4v) is 2.90. The second-order valence-corrected chi connectivity index (χ2v) is 5.90. The van der Waals surface area contributed by atoms with Crippen LogP contribution in [0, 0.1) is 6.92 Å². The molecule has 17 heavy (non-hydrogen) atoms. The zero-order valence-electron chi connectivity index (χ0n) is 10.8. The number of aryl methyl sites for hydroxylation is 1. The third-order valence-corrected chi connectivity index (χ3v) is 4.53. The van der Waals surface area contributed by atoms with Crippen LogP contribution in [0.3, 0.4) is 0 Å². The molecule has 1 fully saturated rings. The standard InChI is InChI=1S/C14H20N2S/c1-4-14(3)10-17-13(16-14)15-9-12-7-5-11(2)6-8-12/h5-8H,4,9-10H2,1-3H3,(H,15,16). The van der Waals surface area contributed by atoms with Gasteiger partial charge in [0.1, 0.15) is 0 Å². The SMILES string of the molecule is CCC1(C)CSC(=NCc2ccc(C)cc2)N1. The molecule has 0 aromatic heterocycles. The normalized spacial score (nSPS) is 26.2. The summed E-state index contributed by atoms with van der Waals surface area (Å²) in [5, 5.41) is 4.60. The highest BCUT2D eigenvalue weighted by Gasteiger charge is 2.30. The van der Waals surface area contributed by atoms with Gasteiger partial charge in [-0.1, -0.05) is 48.5 Å². The van der Waals surface area contributed by atoms with Crippen molar-refractivity contribution in [1.82, 2.24) is 5.32 Å². The molecule has 1 saturated heterocycles. The molecule has 92 valence electrons. The molecule has 0 aliphatic carbocycles. The summed E-state index contributed by atoms with van der Waals surface area (Å²) in [6.45, 7) is 7.36. The summed E-state index contributed by atoms with van der Waals surface area (Å²) in [5.41, 5.74) is 2.81. The van der Waals surface area contributed by atoms with E-state index in [1.54, 1.807) is 0 Å². The zero-order valence-corrected chi connectivity index (χ0v) is 11.6. The number of nitrogens with zero attached hydrogens (tertiary/aromatic N) is 1. The molecule has 1 aliphatic heterocycles. The maximum atomic E-state index is 4.64. The van der Waals surface area contributed by atoms with Crippen LogP contribution in [0.5, 0.6) is 0 Å². The second-order valence-electron chi connectivity index (χ2n) is 4.93. The van der Waals surface area contributed by atoms with E-state index in [9.17, 15) is 0 Å². The van der Waals surface area contributed by atoms with Gasteiger partial charge in [-0.15, -0.1) is 0 Å². The molecular weight excluding hydrogens is 228 g/mol. The van der Waals surface area contributed by atoms with Crippen molar-refractivity contribution in [1.29, 1.82) is 0 Å². The Bertz CT molecular complexity index is 411. The van der Waals surface area contributed by atoms with Gasteiger partial charge in [0, 0.05) is 11.3 Å². The van der Waals surface area contributed by atoms with Gasteiger partial charge < -0.3 is 5.32 Å². The van der Waals surface area contributed by atoms with Crippen LogP contribution in [0.2, 0.25) is 0 Å². The fourth-order valence-electron chi connectivity index (χ4n) is 1.69. The number of rotatable bonds is 3. The van der Waals surface area contributed by atoms with Crippen LogP contribution in [-0.4, -0.2) is 16.5 Å². The van der Waals surface area contributed by atoms with E-state index >= 15 is 0 Å². The topological polar surface area (TPSA) is 24.4 Å². The van der Waals surface area contributed by atoms with Crippen molar-refractivity contribution >= 4 is 16.9 Å². The average Bonchev–Trinajstić information content (AvgIpc) is 2.72. The molecule has 1 aromatic rings. The lowest BCUT2D eigenvalue weighted by atomic mass is 10.0. The summed E-state index contributed by atoms with van der Waals surface area (Å²) in [6, 6.07) is 8.58. The molecule has 2 nitrogen and oxygen atoms in total. The highest BCUT2D eigenvalue weighted by atomic mass is 32.2. The van der Waals surface area contributed by atoms with E-state index in [2.05, 4.69) is 55.3 Å². The predicted molar refractivity (Wildman–Crippen MR) is 76.6 cm³/mol. The molecular formula is C14H20N2S. The lowest BCUT2D eigenvalue weighted by Gasteiger charge is -2.20. The summed E-state index contributed by atoms with van der Waals surface area (Å²) in [5.74, 6) is 1.12. The highest BCUT2D eigenvalue weighted by Crippen LogP contribution is 2.25. The first-order valence-corrected chi connectivity index (χ1v) is 7.11. The summed E-state index contributed by atoms with van der Waals surface area (Å²) >= 11 is 1.84. The highest BCUT2D eigenvalue weighted by molar-refractivity contribution is 8.14. The van der Waals surface area contributed by atoms with Gasteiger partial charge in [0.05, 0.1) is 6.54 Å². The van der Waals surface area contributed by atoms with E-state index in [4.69, 9.17) is 0 Å². The smallest absolute Gasteiger partial charge is 0.157 e. The lowest BCUT2D eigenvalue weighted by molar-refractivity contribution is 0.466. The molecule has 1 aliphatic rings. The average molecular weight is 248 g/mol. The quantitative estimate of drug-likeness (QED) is 0.887. The maximum Gasteiger partial charge on any atom is 0.157 e. The van der Waals surface area contributed by atoms with Crippen molar-refractivity contribution in [3.8, 4) is 0 Å². The first kappa shape index (κ1) is 12.5. The molecule has 1 atom stereocenters. The Hall–Kier alpha value is -0.960. The minimum absolute atomic E-state index is 0.233. The Morgan fingerprint density at radius 2 is 2.06 bits per heavy atom. The van der Waals surface area contributed by atoms with Crippen molar-refractivity contribution in [3.63, 3.8) is 0 Å². The largest absolute Gasteiger partial charge is 0.359 e. The summed E-state index contributed by atoms with van der Waals surface area (Å²) in [4.78, 5) is 4.64. The summed E-state index contributed by atoms with van der Waals surface area (Å²) in [6.07, 6.45) is 1.14. The third kappa shape index (κ3) is 3.25. The summed E-state index contributed by atoms with van der Waals surface area (Å²) in [7, 11) is 0. The molecule has 0 saturated carbocycles. The number of hydrogen-bond acceptors (Lipinski definition) is 2. The Morgan fingerprint density at radius 3 is 2.65 bits per heavy atom. The van der Waals surface area contributed by atoms with E-state index in [1.807, 2.05) is 11.8 Å². The molecule has 1 heterocycles. The lowest BCUT2D eigenvalue weighted by Crippen LogP contribution is -2.39. The first-order valence-electron chi connectivity index (χ1n) is 6.12. The van der Waals surface area contributed by atoms with Crippen LogP contribution in [-0.2, 0) is 6.54 Å². The van der Waals surface area contributed by atoms with Gasteiger partial charge in [-0.3, -0.25) is 4.99 Å². The van der Waals surface area contributed by atoms with Gasteiger partial charge in [-0.05, 0) is 25.8 Å². The van der Waals surface area contributed by atoms with E-state index in [0.29, 0.717) is 0 Å². The van der Waals surface area contributed by atoms with Crippen LogP contribution < -0.4 is 5.32 Å². The van der Waals surface area contributed by atoms with Gasteiger partial charge in [0.15, 0.2) is 5.17 Å². The minimum Gasteiger partial charge on any atom is -0.359 e. The molecule has 3 heteroatoms. The number of aliphatic imine (C=N–C) groups is 1. The zero-order chi connectivity index (χ0) is 12.3. The molecule has 1 N–H and O–H groups in total. The monoisotopic (exact) mass is 248 g/mol. The van der Waals surface area contributed by atoms with Gasteiger partial charge in [0.25, 0.3) is 0 Å². The molecule has 0 bridgehead atoms. The summed E-state index contributed by atoms with van der Waals surface area (Å²) < 4.78 is 0.